The average molecular weight is 144 g/mol. The molecule has 1 fully saturated rings. The number of nitrogens with zero attached hydrogens (tertiary/aromatic N) is 1. The third-order valence-corrected chi connectivity index (χ3v) is 2.01. The summed E-state index contributed by atoms with van der Waals surface area (Å²) in [6.07, 6.45) is 1.97. The molecule has 0 radical (unpaired) electrons. The molecule has 0 aromatic heterocycles. The maximum absolute atomic E-state index is 9.58. The molecule has 3 heteroatoms. The summed E-state index contributed by atoms with van der Waals surface area (Å²) in [6, 6.07) is 0. The van der Waals surface area contributed by atoms with Crippen LogP contribution in [0.5, 0.6) is 0 Å². The molecule has 0 aromatic rings. The lowest BCUT2D eigenvalue weighted by atomic mass is 9.96. The Hall–Kier alpha value is -0.120. The summed E-state index contributed by atoms with van der Waals surface area (Å²) in [5, 5.41) is 9.58. The standard InChI is InChI=1S/C7H16N2O/c1-7(10)3-2-4-9(5-7)6-8/h10H,2-6,8H2,1H3. The van der Waals surface area contributed by atoms with E-state index >= 15 is 0 Å². The number of rotatable bonds is 1. The molecule has 10 heavy (non-hydrogen) atoms. The molecule has 1 aliphatic rings. The van der Waals surface area contributed by atoms with E-state index in [-0.39, 0.29) is 0 Å². The Labute approximate surface area is 61.8 Å². The number of aliphatic hydroxyl groups is 1. The molecule has 3 N–H and O–H groups in total. The molecular weight excluding hydrogens is 128 g/mol. The van der Waals surface area contributed by atoms with Crippen molar-refractivity contribution in [2.45, 2.75) is 25.4 Å². The van der Waals surface area contributed by atoms with E-state index in [0.717, 1.165) is 25.9 Å². The fraction of sp³-hybridized carbons (Fsp3) is 1.00. The van der Waals surface area contributed by atoms with Gasteiger partial charge < -0.3 is 10.8 Å². The summed E-state index contributed by atoms with van der Waals surface area (Å²) in [5.41, 5.74) is 4.94. The van der Waals surface area contributed by atoms with E-state index in [1.54, 1.807) is 0 Å². The van der Waals surface area contributed by atoms with Gasteiger partial charge in [-0.05, 0) is 26.3 Å². The predicted octanol–water partition coefficient (Wildman–Crippen LogP) is -0.251. The van der Waals surface area contributed by atoms with Gasteiger partial charge in [-0.3, -0.25) is 4.90 Å². The zero-order valence-corrected chi connectivity index (χ0v) is 6.51. The van der Waals surface area contributed by atoms with Crippen molar-refractivity contribution in [1.29, 1.82) is 0 Å². The fourth-order valence-corrected chi connectivity index (χ4v) is 1.48. The van der Waals surface area contributed by atoms with Crippen LogP contribution in [0, 0.1) is 0 Å². The Morgan fingerprint density at radius 3 is 2.80 bits per heavy atom. The van der Waals surface area contributed by atoms with Crippen LogP contribution in [-0.4, -0.2) is 35.4 Å². The van der Waals surface area contributed by atoms with Gasteiger partial charge in [-0.2, -0.15) is 0 Å². The highest BCUT2D eigenvalue weighted by Gasteiger charge is 2.27. The van der Waals surface area contributed by atoms with Crippen LogP contribution >= 0.6 is 0 Å². The molecule has 1 unspecified atom stereocenters. The van der Waals surface area contributed by atoms with Crippen LogP contribution in [0.2, 0.25) is 0 Å². The maximum Gasteiger partial charge on any atom is 0.0747 e. The lowest BCUT2D eigenvalue weighted by Gasteiger charge is -2.35. The van der Waals surface area contributed by atoms with E-state index in [4.69, 9.17) is 5.73 Å². The van der Waals surface area contributed by atoms with Gasteiger partial charge in [-0.25, -0.2) is 0 Å². The van der Waals surface area contributed by atoms with Crippen LogP contribution in [0.25, 0.3) is 0 Å². The van der Waals surface area contributed by atoms with Gasteiger partial charge in [0.05, 0.1) is 5.60 Å². The number of β-amino-alcohol motifs (C(OH)–C–C–N with tert-alkyl or cyclic N) is 1. The van der Waals surface area contributed by atoms with Gasteiger partial charge in [0.2, 0.25) is 0 Å². The van der Waals surface area contributed by atoms with Crippen LogP contribution in [0.15, 0.2) is 0 Å². The summed E-state index contributed by atoms with van der Waals surface area (Å²) in [5.74, 6) is 0. The van der Waals surface area contributed by atoms with Crippen molar-refractivity contribution in [3.05, 3.63) is 0 Å². The lowest BCUT2D eigenvalue weighted by Crippen LogP contribution is -2.47. The molecule has 3 nitrogen and oxygen atoms in total. The number of likely N-dealkylation sites (tertiary alicyclic amines) is 1. The van der Waals surface area contributed by atoms with Crippen molar-refractivity contribution in [3.63, 3.8) is 0 Å². The predicted molar refractivity (Wildman–Crippen MR) is 40.5 cm³/mol. The van der Waals surface area contributed by atoms with E-state index in [1.165, 1.54) is 0 Å². The summed E-state index contributed by atoms with van der Waals surface area (Å²) < 4.78 is 0. The first kappa shape index (κ1) is 7.98. The molecule has 60 valence electrons. The van der Waals surface area contributed by atoms with E-state index in [2.05, 4.69) is 4.90 Å². The van der Waals surface area contributed by atoms with Gasteiger partial charge in [0.25, 0.3) is 0 Å². The topological polar surface area (TPSA) is 49.5 Å². The van der Waals surface area contributed by atoms with Crippen LogP contribution < -0.4 is 5.73 Å². The Kier molecular flexibility index (Phi) is 2.28. The van der Waals surface area contributed by atoms with E-state index in [0.29, 0.717) is 6.67 Å². The second-order valence-electron chi connectivity index (χ2n) is 3.34. The minimum Gasteiger partial charge on any atom is -0.389 e. The smallest absolute Gasteiger partial charge is 0.0747 e. The van der Waals surface area contributed by atoms with Crippen LogP contribution in [0.1, 0.15) is 19.8 Å². The molecule has 0 saturated carbocycles. The van der Waals surface area contributed by atoms with Gasteiger partial charge in [0, 0.05) is 13.2 Å². The van der Waals surface area contributed by atoms with Crippen molar-refractivity contribution in [3.8, 4) is 0 Å². The molecule has 1 atom stereocenters. The minimum atomic E-state index is -0.502. The monoisotopic (exact) mass is 144 g/mol. The SMILES string of the molecule is CC1(O)CCCN(CN)C1. The number of piperidine rings is 1. The Morgan fingerprint density at radius 1 is 1.70 bits per heavy atom. The highest BCUT2D eigenvalue weighted by molar-refractivity contribution is 4.81. The van der Waals surface area contributed by atoms with Crippen molar-refractivity contribution >= 4 is 0 Å². The largest absolute Gasteiger partial charge is 0.389 e. The van der Waals surface area contributed by atoms with Gasteiger partial charge in [-0.15, -0.1) is 0 Å². The highest BCUT2D eigenvalue weighted by Crippen LogP contribution is 2.18. The molecule has 1 saturated heterocycles. The first-order valence-corrected chi connectivity index (χ1v) is 3.79. The molecule has 0 spiro atoms. The van der Waals surface area contributed by atoms with Crippen LogP contribution in [0.4, 0.5) is 0 Å². The molecule has 0 aliphatic carbocycles. The van der Waals surface area contributed by atoms with E-state index < -0.39 is 5.60 Å². The van der Waals surface area contributed by atoms with Crippen molar-refractivity contribution in [2.75, 3.05) is 19.8 Å². The molecule has 0 amide bonds. The fourth-order valence-electron chi connectivity index (χ4n) is 1.48. The molecule has 0 bridgehead atoms. The molecule has 1 heterocycles. The Bertz CT molecular complexity index is 114. The zero-order chi connectivity index (χ0) is 7.61. The highest BCUT2D eigenvalue weighted by atomic mass is 16.3. The van der Waals surface area contributed by atoms with E-state index in [9.17, 15) is 5.11 Å². The normalized spacial score (nSPS) is 36.3. The minimum absolute atomic E-state index is 0.502. The van der Waals surface area contributed by atoms with Gasteiger partial charge in [-0.1, -0.05) is 0 Å². The summed E-state index contributed by atoms with van der Waals surface area (Å²) in [7, 11) is 0. The maximum atomic E-state index is 9.58. The van der Waals surface area contributed by atoms with Crippen LogP contribution in [0.3, 0.4) is 0 Å². The average Bonchev–Trinajstić information content (AvgIpc) is 1.86. The number of hydrogen-bond acceptors (Lipinski definition) is 3. The third-order valence-electron chi connectivity index (χ3n) is 2.01. The molecule has 1 aliphatic heterocycles. The second-order valence-corrected chi connectivity index (χ2v) is 3.34. The van der Waals surface area contributed by atoms with Crippen molar-refractivity contribution in [2.24, 2.45) is 5.73 Å². The van der Waals surface area contributed by atoms with Crippen molar-refractivity contribution in [1.82, 2.24) is 4.90 Å². The first-order valence-electron chi connectivity index (χ1n) is 3.79. The summed E-state index contributed by atoms with van der Waals surface area (Å²) in [6.45, 7) is 4.20. The number of nitrogens with two attached hydrogens (primary N) is 1. The van der Waals surface area contributed by atoms with Gasteiger partial charge in [0.15, 0.2) is 0 Å². The Balaban J connectivity index is 2.40. The second kappa shape index (κ2) is 2.86. The zero-order valence-electron chi connectivity index (χ0n) is 6.51. The van der Waals surface area contributed by atoms with Gasteiger partial charge in [0.1, 0.15) is 0 Å². The van der Waals surface area contributed by atoms with Crippen molar-refractivity contribution < 1.29 is 5.11 Å². The third kappa shape index (κ3) is 1.94. The molecular formula is C7H16N2O. The summed E-state index contributed by atoms with van der Waals surface area (Å²) >= 11 is 0. The number of hydrogen-bond donors (Lipinski definition) is 2. The van der Waals surface area contributed by atoms with E-state index in [1.807, 2.05) is 6.92 Å². The summed E-state index contributed by atoms with van der Waals surface area (Å²) in [4.78, 5) is 2.07. The Morgan fingerprint density at radius 2 is 2.40 bits per heavy atom. The quantitative estimate of drug-likeness (QED) is 0.533. The molecule has 1 rings (SSSR count). The van der Waals surface area contributed by atoms with Gasteiger partial charge >= 0.3 is 0 Å². The first-order chi connectivity index (χ1) is 4.64. The van der Waals surface area contributed by atoms with Crippen LogP contribution in [-0.2, 0) is 0 Å². The molecule has 0 aromatic carbocycles. The lowest BCUT2D eigenvalue weighted by molar-refractivity contribution is -0.0146.